The predicted molar refractivity (Wildman–Crippen MR) is 22.2 cm³/mol. The lowest BCUT2D eigenvalue weighted by Crippen LogP contribution is -2.01. The van der Waals surface area contributed by atoms with Gasteiger partial charge in [-0.1, -0.05) is 11.6 Å². The van der Waals surface area contributed by atoms with Gasteiger partial charge in [0.1, 0.15) is 0 Å². The summed E-state index contributed by atoms with van der Waals surface area (Å²) in [6.45, 7) is 0. The minimum Gasteiger partial charge on any atom is -0.206 e. The van der Waals surface area contributed by atoms with Crippen molar-refractivity contribution in [2.24, 2.45) is 0 Å². The molecule has 0 aromatic rings. The molecule has 1 rings (SSSR count). The fraction of sp³-hybridized carbons (Fsp3) is 1.00. The lowest BCUT2D eigenvalue weighted by Gasteiger charge is -1.85. The zero-order chi connectivity index (χ0) is 5.71. The van der Waals surface area contributed by atoms with Gasteiger partial charge in [0.2, 0.25) is 0 Å². The number of halogens is 4. The fourth-order valence-corrected chi connectivity index (χ4v) is 0.697. The minimum atomic E-state index is -3.34. The van der Waals surface area contributed by atoms with E-state index in [1.807, 2.05) is 0 Å². The van der Waals surface area contributed by atoms with Crippen LogP contribution in [0.4, 0.5) is 13.2 Å². The van der Waals surface area contributed by atoms with Gasteiger partial charge in [-0.25, -0.2) is 4.39 Å². The molecule has 0 aromatic carbocycles. The molecule has 0 saturated carbocycles. The molecule has 1 aliphatic rings. The van der Waals surface area contributed by atoms with Crippen molar-refractivity contribution in [1.82, 2.24) is 0 Å². The van der Waals surface area contributed by atoms with Gasteiger partial charge in [0.15, 0.2) is 0 Å². The number of rotatable bonds is 0. The molecule has 0 N–H and O–H groups in total. The summed E-state index contributed by atoms with van der Waals surface area (Å²) in [5.74, 6) is 0. The van der Waals surface area contributed by atoms with Gasteiger partial charge in [0, 0.05) is 0 Å². The number of hydrogen-bond donors (Lipinski definition) is 0. The highest BCUT2D eigenvalue weighted by molar-refractivity contribution is 8.10. The first-order chi connectivity index (χ1) is 2.96. The summed E-state index contributed by atoms with van der Waals surface area (Å²) in [4.78, 5) is 0. The Morgan fingerprint density at radius 2 is 1.43 bits per heavy atom. The highest BCUT2D eigenvalue weighted by Gasteiger charge is 2.75. The predicted octanol–water partition coefficient (Wildman–Crippen LogP) is 2.19. The molecule has 0 bridgehead atoms. The van der Waals surface area contributed by atoms with E-state index in [1.54, 1.807) is 0 Å². The van der Waals surface area contributed by atoms with E-state index in [2.05, 4.69) is 11.6 Å². The van der Waals surface area contributed by atoms with Crippen molar-refractivity contribution < 1.29 is 13.2 Å². The van der Waals surface area contributed by atoms with Gasteiger partial charge >= 0.3 is 9.71 Å². The molecule has 1 aliphatic heterocycles. The Kier molecular flexibility index (Phi) is 0.836. The second-order valence-corrected chi connectivity index (χ2v) is 3.16. The molecule has 7 heavy (non-hydrogen) atoms. The second kappa shape index (κ2) is 1.05. The quantitative estimate of drug-likeness (QED) is 0.375. The van der Waals surface area contributed by atoms with Crippen molar-refractivity contribution in [3.8, 4) is 0 Å². The largest absolute Gasteiger partial charge is 0.355 e. The third-order valence-electron chi connectivity index (χ3n) is 0.554. The first-order valence-electron chi connectivity index (χ1n) is 1.41. The van der Waals surface area contributed by atoms with Gasteiger partial charge in [0.25, 0.3) is 0 Å². The molecule has 0 radical (unpaired) electrons. The summed E-state index contributed by atoms with van der Waals surface area (Å²) >= 11 is 4.30. The summed E-state index contributed by atoms with van der Waals surface area (Å²) in [7, 11) is 0. The van der Waals surface area contributed by atoms with Crippen LogP contribution in [0.3, 0.4) is 0 Å². The van der Waals surface area contributed by atoms with Gasteiger partial charge in [-0.15, -0.1) is 0 Å². The third-order valence-corrected chi connectivity index (χ3v) is 1.98. The topological polar surface area (TPSA) is 0 Å². The molecule has 0 aromatic heterocycles. The molecule has 1 saturated heterocycles. The van der Waals surface area contributed by atoms with Crippen molar-refractivity contribution in [3.05, 3.63) is 0 Å². The van der Waals surface area contributed by atoms with E-state index in [1.165, 1.54) is 0 Å². The average Bonchev–Trinajstić information content (AvgIpc) is 1.63. The second-order valence-electron chi connectivity index (χ2n) is 1.14. The molecule has 0 aliphatic carbocycles. The summed E-state index contributed by atoms with van der Waals surface area (Å²) in [6.07, 6.45) is 0. The van der Waals surface area contributed by atoms with Gasteiger partial charge in [0.05, 0.1) is 0 Å². The highest BCUT2D eigenvalue weighted by Crippen LogP contribution is 2.69. The Labute approximate surface area is 47.0 Å². The first kappa shape index (κ1) is 5.56. The van der Waals surface area contributed by atoms with Gasteiger partial charge in [-0.05, 0) is 11.8 Å². The third kappa shape index (κ3) is 0.700. The monoisotopic (exact) mass is 148 g/mol. The van der Waals surface area contributed by atoms with Crippen LogP contribution in [-0.2, 0) is 0 Å². The number of alkyl halides is 4. The average molecular weight is 149 g/mol. The molecular formula is C2ClF3S. The summed E-state index contributed by atoms with van der Waals surface area (Å²) in [5, 5.41) is -3.34. The van der Waals surface area contributed by atoms with E-state index in [0.29, 0.717) is 0 Å². The smallest absolute Gasteiger partial charge is 0.206 e. The molecule has 42 valence electrons. The zero-order valence-corrected chi connectivity index (χ0v) is 4.49. The van der Waals surface area contributed by atoms with Crippen LogP contribution in [0.1, 0.15) is 0 Å². The van der Waals surface area contributed by atoms with Gasteiger partial charge in [-0.3, -0.25) is 0 Å². The van der Waals surface area contributed by atoms with Crippen LogP contribution in [0.15, 0.2) is 0 Å². The van der Waals surface area contributed by atoms with Crippen molar-refractivity contribution >= 4 is 23.4 Å². The molecule has 5 heteroatoms. The van der Waals surface area contributed by atoms with Crippen LogP contribution >= 0.6 is 23.4 Å². The number of thioether (sulfide) groups is 1. The van der Waals surface area contributed by atoms with E-state index >= 15 is 0 Å². The van der Waals surface area contributed by atoms with E-state index in [9.17, 15) is 13.2 Å². The van der Waals surface area contributed by atoms with Gasteiger partial charge < -0.3 is 0 Å². The Morgan fingerprint density at radius 3 is 1.43 bits per heavy atom. The normalized spacial score (nSPS) is 46.3. The highest BCUT2D eigenvalue weighted by atomic mass is 35.5. The van der Waals surface area contributed by atoms with E-state index < -0.39 is 9.71 Å². The van der Waals surface area contributed by atoms with E-state index in [4.69, 9.17) is 0 Å². The van der Waals surface area contributed by atoms with Crippen LogP contribution in [-0.4, -0.2) is 9.71 Å². The molecular weight excluding hydrogens is 149 g/mol. The Hall–Kier alpha value is 0.430. The maximum Gasteiger partial charge on any atom is 0.355 e. The molecule has 0 amide bonds. The molecule has 1 fully saturated rings. The van der Waals surface area contributed by atoms with Crippen LogP contribution < -0.4 is 0 Å². The lowest BCUT2D eigenvalue weighted by atomic mass is 10.8. The molecule has 1 unspecified atom stereocenters. The SMILES string of the molecule is FC1(F)SC1(F)Cl. The van der Waals surface area contributed by atoms with E-state index in [-0.39, 0.29) is 11.8 Å². The summed E-state index contributed by atoms with van der Waals surface area (Å²) in [5.41, 5.74) is 0. The Balaban J connectivity index is 2.59. The van der Waals surface area contributed by atoms with Crippen molar-refractivity contribution in [1.29, 1.82) is 0 Å². The van der Waals surface area contributed by atoms with Gasteiger partial charge in [-0.2, -0.15) is 8.78 Å². The van der Waals surface area contributed by atoms with Crippen molar-refractivity contribution in [2.75, 3.05) is 0 Å². The first-order valence-corrected chi connectivity index (χ1v) is 2.61. The van der Waals surface area contributed by atoms with E-state index in [0.717, 1.165) is 0 Å². The van der Waals surface area contributed by atoms with Crippen molar-refractivity contribution in [2.45, 2.75) is 9.71 Å². The molecule has 0 nitrogen and oxygen atoms in total. The van der Waals surface area contributed by atoms with Crippen molar-refractivity contribution in [3.63, 3.8) is 0 Å². The summed E-state index contributed by atoms with van der Waals surface area (Å²) in [6, 6.07) is 0. The minimum absolute atomic E-state index is 0.184. The van der Waals surface area contributed by atoms with Crippen LogP contribution in [0, 0.1) is 0 Å². The standard InChI is InChI=1S/C2ClF3S/c3-1(4)2(5,6)7-1. The lowest BCUT2D eigenvalue weighted by molar-refractivity contribution is 0.0875. The maximum absolute atomic E-state index is 11.6. The number of hydrogen-bond acceptors (Lipinski definition) is 1. The Morgan fingerprint density at radius 1 is 1.29 bits per heavy atom. The fourth-order valence-electron chi connectivity index (χ4n) is 0.135. The maximum atomic E-state index is 11.6. The zero-order valence-electron chi connectivity index (χ0n) is 2.92. The summed E-state index contributed by atoms with van der Waals surface area (Å²) < 4.78 is 31.5. The van der Waals surface area contributed by atoms with Crippen LogP contribution in [0.5, 0.6) is 0 Å². The van der Waals surface area contributed by atoms with Crippen LogP contribution in [0.25, 0.3) is 0 Å². The molecule has 1 atom stereocenters. The van der Waals surface area contributed by atoms with Crippen LogP contribution in [0.2, 0.25) is 0 Å². The molecule has 1 heterocycles. The molecule has 0 spiro atoms. The Bertz CT molecular complexity index is 89.1.